The van der Waals surface area contributed by atoms with Crippen molar-refractivity contribution in [1.29, 1.82) is 0 Å². The maximum Gasteiger partial charge on any atom is 0.343 e. The van der Waals surface area contributed by atoms with Crippen molar-refractivity contribution >= 4 is 29.4 Å². The first kappa shape index (κ1) is 18.1. The van der Waals surface area contributed by atoms with Gasteiger partial charge < -0.3 is 9.84 Å². The van der Waals surface area contributed by atoms with E-state index < -0.39 is 23.8 Å². The lowest BCUT2D eigenvalue weighted by molar-refractivity contribution is 0.0695. The van der Waals surface area contributed by atoms with Crippen molar-refractivity contribution in [3.05, 3.63) is 95.1 Å². The monoisotopic (exact) mass is 387 g/mol. The van der Waals surface area contributed by atoms with Crippen LogP contribution >= 0.6 is 0 Å². The van der Waals surface area contributed by atoms with E-state index >= 15 is 0 Å². The van der Waals surface area contributed by atoms with Crippen molar-refractivity contribution in [3.8, 4) is 5.75 Å². The molecule has 142 valence electrons. The third-order valence-corrected chi connectivity index (χ3v) is 4.45. The number of nitrogens with zero attached hydrogens (tertiary/aromatic N) is 1. The fraction of sp³-hybridized carbons (Fsp3) is 0. The number of carboxylic acid groups (broad SMARTS) is 1. The highest BCUT2D eigenvalue weighted by Crippen LogP contribution is 2.29. The Labute approximate surface area is 164 Å². The topological polar surface area (TPSA) is 101 Å². The smallest absolute Gasteiger partial charge is 0.343 e. The van der Waals surface area contributed by atoms with Crippen molar-refractivity contribution in [3.63, 3.8) is 0 Å². The number of aromatic carboxylic acids is 1. The lowest BCUT2D eigenvalue weighted by Gasteiger charge is -2.13. The number of rotatable bonds is 4. The maximum absolute atomic E-state index is 12.7. The van der Waals surface area contributed by atoms with Gasteiger partial charge in [-0.25, -0.2) is 14.5 Å². The molecule has 2 amide bonds. The Balaban J connectivity index is 1.59. The molecule has 0 radical (unpaired) electrons. The molecule has 1 aliphatic rings. The second-order valence-electron chi connectivity index (χ2n) is 6.26. The largest absolute Gasteiger partial charge is 0.478 e. The molecule has 0 aliphatic carbocycles. The molecule has 0 aromatic heterocycles. The summed E-state index contributed by atoms with van der Waals surface area (Å²) in [4.78, 5) is 49.7. The van der Waals surface area contributed by atoms with Crippen LogP contribution in [0.25, 0.3) is 0 Å². The molecule has 1 N–H and O–H groups in total. The number of para-hydroxylation sites is 1. The number of ether oxygens (including phenoxy) is 1. The summed E-state index contributed by atoms with van der Waals surface area (Å²) in [6, 6.07) is 18.0. The van der Waals surface area contributed by atoms with Crippen molar-refractivity contribution in [2.75, 3.05) is 4.90 Å². The molecule has 0 spiro atoms. The second kappa shape index (κ2) is 7.05. The number of carboxylic acids is 1. The number of hydrogen-bond acceptors (Lipinski definition) is 5. The number of carbonyl (C=O) groups excluding carboxylic acids is 3. The second-order valence-corrected chi connectivity index (χ2v) is 6.26. The molecule has 7 nitrogen and oxygen atoms in total. The van der Waals surface area contributed by atoms with E-state index in [-0.39, 0.29) is 28.0 Å². The van der Waals surface area contributed by atoms with Gasteiger partial charge in [0, 0.05) is 0 Å². The van der Waals surface area contributed by atoms with Gasteiger partial charge in [-0.1, -0.05) is 18.2 Å². The number of fused-ring (bicyclic) bond motifs is 1. The molecule has 0 bridgehead atoms. The molecule has 29 heavy (non-hydrogen) atoms. The van der Waals surface area contributed by atoms with Crippen molar-refractivity contribution in [2.24, 2.45) is 0 Å². The zero-order valence-electron chi connectivity index (χ0n) is 14.9. The van der Waals surface area contributed by atoms with Crippen LogP contribution < -0.4 is 9.64 Å². The van der Waals surface area contributed by atoms with Gasteiger partial charge in [0.25, 0.3) is 11.8 Å². The fourth-order valence-electron chi connectivity index (χ4n) is 3.01. The van der Waals surface area contributed by atoms with Crippen molar-refractivity contribution in [2.45, 2.75) is 0 Å². The van der Waals surface area contributed by atoms with E-state index in [4.69, 9.17) is 9.84 Å². The highest BCUT2D eigenvalue weighted by atomic mass is 16.5. The summed E-state index contributed by atoms with van der Waals surface area (Å²) in [5.74, 6) is -2.63. The molecule has 0 unspecified atom stereocenters. The van der Waals surface area contributed by atoms with Gasteiger partial charge in [0.1, 0.15) is 5.75 Å². The summed E-state index contributed by atoms with van der Waals surface area (Å²) in [5.41, 5.74) is 0.937. The zero-order valence-corrected chi connectivity index (χ0v) is 14.9. The summed E-state index contributed by atoms with van der Waals surface area (Å²) in [7, 11) is 0. The van der Waals surface area contributed by atoms with Crippen LogP contribution in [0.15, 0.2) is 72.8 Å². The number of amides is 2. The highest BCUT2D eigenvalue weighted by molar-refractivity contribution is 6.34. The van der Waals surface area contributed by atoms with Crippen LogP contribution in [0.2, 0.25) is 0 Å². The summed E-state index contributed by atoms with van der Waals surface area (Å²) in [6.45, 7) is 0. The van der Waals surface area contributed by atoms with Gasteiger partial charge in [-0.15, -0.1) is 0 Å². The maximum atomic E-state index is 12.7. The van der Waals surface area contributed by atoms with Crippen LogP contribution in [0.1, 0.15) is 41.4 Å². The number of benzene rings is 3. The Morgan fingerprint density at radius 3 is 2.03 bits per heavy atom. The quantitative estimate of drug-likeness (QED) is 0.418. The van der Waals surface area contributed by atoms with Crippen LogP contribution in [0.5, 0.6) is 5.75 Å². The Bertz CT molecular complexity index is 1150. The summed E-state index contributed by atoms with van der Waals surface area (Å²) < 4.78 is 5.23. The predicted octanol–water partition coefficient (Wildman–Crippen LogP) is 3.40. The molecule has 0 fully saturated rings. The van der Waals surface area contributed by atoms with E-state index in [1.54, 1.807) is 30.3 Å². The Hall–Kier alpha value is -4.26. The SMILES string of the molecule is O=C(O)c1ccc(OC(=O)c2ccc3c(c2)C(=O)N(c2ccccc2)C3=O)cc1. The normalized spacial score (nSPS) is 12.6. The summed E-state index contributed by atoms with van der Waals surface area (Å²) in [5, 5.41) is 8.90. The van der Waals surface area contributed by atoms with E-state index in [0.717, 1.165) is 4.90 Å². The highest BCUT2D eigenvalue weighted by Gasteiger charge is 2.37. The third kappa shape index (κ3) is 3.25. The molecule has 3 aromatic carbocycles. The van der Waals surface area contributed by atoms with Crippen molar-refractivity contribution in [1.82, 2.24) is 0 Å². The van der Waals surface area contributed by atoms with E-state index in [0.29, 0.717) is 5.69 Å². The number of carbonyl (C=O) groups is 4. The molecule has 4 rings (SSSR count). The number of imide groups is 1. The van der Waals surface area contributed by atoms with Crippen LogP contribution in [0.3, 0.4) is 0 Å². The molecule has 0 saturated heterocycles. The third-order valence-electron chi connectivity index (χ3n) is 4.45. The average Bonchev–Trinajstić information content (AvgIpc) is 2.99. The van der Waals surface area contributed by atoms with Crippen LogP contribution in [0.4, 0.5) is 5.69 Å². The Morgan fingerprint density at radius 1 is 0.759 bits per heavy atom. The van der Waals surface area contributed by atoms with Gasteiger partial charge >= 0.3 is 11.9 Å². The molecule has 3 aromatic rings. The minimum Gasteiger partial charge on any atom is -0.478 e. The van der Waals surface area contributed by atoms with Gasteiger partial charge in [-0.2, -0.15) is 0 Å². The standard InChI is InChI=1S/C22H13NO6/c24-19-17-11-8-14(22(28)29-16-9-6-13(7-10-16)21(26)27)12-18(17)20(25)23(19)15-4-2-1-3-5-15/h1-12H,(H,26,27). The Kier molecular flexibility index (Phi) is 4.40. The van der Waals surface area contributed by atoms with Crippen LogP contribution in [-0.2, 0) is 0 Å². The van der Waals surface area contributed by atoms with Crippen LogP contribution in [0, 0.1) is 0 Å². The molecule has 7 heteroatoms. The first-order valence-electron chi connectivity index (χ1n) is 8.59. The molecule has 0 saturated carbocycles. The lowest BCUT2D eigenvalue weighted by Crippen LogP contribution is -2.29. The van der Waals surface area contributed by atoms with Gasteiger partial charge in [-0.3, -0.25) is 9.59 Å². The van der Waals surface area contributed by atoms with Crippen LogP contribution in [-0.4, -0.2) is 28.9 Å². The van der Waals surface area contributed by atoms with E-state index in [9.17, 15) is 19.2 Å². The average molecular weight is 387 g/mol. The Morgan fingerprint density at radius 2 is 1.38 bits per heavy atom. The first-order valence-corrected chi connectivity index (χ1v) is 8.59. The minimum absolute atomic E-state index is 0.0624. The molecule has 1 heterocycles. The van der Waals surface area contributed by atoms with Gasteiger partial charge in [-0.05, 0) is 54.6 Å². The van der Waals surface area contributed by atoms with Gasteiger partial charge in [0.05, 0.1) is 27.9 Å². The van der Waals surface area contributed by atoms with Gasteiger partial charge in [0.2, 0.25) is 0 Å². The summed E-state index contributed by atoms with van der Waals surface area (Å²) in [6.07, 6.45) is 0. The fourth-order valence-corrected chi connectivity index (χ4v) is 3.01. The summed E-state index contributed by atoms with van der Waals surface area (Å²) >= 11 is 0. The van der Waals surface area contributed by atoms with E-state index in [1.165, 1.54) is 42.5 Å². The van der Waals surface area contributed by atoms with Gasteiger partial charge in [0.15, 0.2) is 0 Å². The number of anilines is 1. The van der Waals surface area contributed by atoms with E-state index in [1.807, 2.05) is 0 Å². The van der Waals surface area contributed by atoms with Crippen molar-refractivity contribution < 1.29 is 29.0 Å². The number of esters is 1. The zero-order chi connectivity index (χ0) is 20.5. The predicted molar refractivity (Wildman–Crippen MR) is 102 cm³/mol. The molecular weight excluding hydrogens is 374 g/mol. The molecule has 0 atom stereocenters. The first-order chi connectivity index (χ1) is 14.0. The minimum atomic E-state index is -1.09. The lowest BCUT2D eigenvalue weighted by atomic mass is 10.1. The molecular formula is C22H13NO6. The number of hydrogen-bond donors (Lipinski definition) is 1. The van der Waals surface area contributed by atoms with E-state index in [2.05, 4.69) is 0 Å². The molecule has 1 aliphatic heterocycles.